The van der Waals surface area contributed by atoms with Gasteiger partial charge in [-0.2, -0.15) is 0 Å². The van der Waals surface area contributed by atoms with Crippen molar-refractivity contribution in [3.05, 3.63) is 89.1 Å². The van der Waals surface area contributed by atoms with Crippen LogP contribution in [0.3, 0.4) is 0 Å². The van der Waals surface area contributed by atoms with E-state index in [4.69, 9.17) is 4.42 Å². The van der Waals surface area contributed by atoms with Crippen LogP contribution in [0.4, 0.5) is 0 Å². The molecule has 4 aromatic rings. The minimum atomic E-state index is -0.130. The summed E-state index contributed by atoms with van der Waals surface area (Å²) in [5.74, 6) is 0.704. The predicted molar refractivity (Wildman–Crippen MR) is 105 cm³/mol. The van der Waals surface area contributed by atoms with E-state index in [1.54, 1.807) is 12.4 Å². The van der Waals surface area contributed by atoms with Crippen LogP contribution in [0.2, 0.25) is 0 Å². The van der Waals surface area contributed by atoms with Crippen molar-refractivity contribution in [2.24, 2.45) is 0 Å². The zero-order valence-corrected chi connectivity index (χ0v) is 15.4. The summed E-state index contributed by atoms with van der Waals surface area (Å²) >= 11 is 0. The Balaban J connectivity index is 1.64. The molecule has 5 heteroatoms. The first-order valence-corrected chi connectivity index (χ1v) is 8.92. The highest BCUT2D eigenvalue weighted by atomic mass is 16.3. The van der Waals surface area contributed by atoms with Gasteiger partial charge >= 0.3 is 0 Å². The van der Waals surface area contributed by atoms with Gasteiger partial charge in [0, 0.05) is 37.6 Å². The van der Waals surface area contributed by atoms with E-state index >= 15 is 0 Å². The van der Waals surface area contributed by atoms with Crippen LogP contribution in [0, 0.1) is 13.8 Å². The van der Waals surface area contributed by atoms with Crippen LogP contribution in [0.25, 0.3) is 11.1 Å². The van der Waals surface area contributed by atoms with Crippen LogP contribution in [-0.4, -0.2) is 15.5 Å². The third kappa shape index (κ3) is 3.62. The molecule has 4 rings (SSSR count). The molecule has 1 aromatic carbocycles. The Morgan fingerprint density at radius 1 is 1.11 bits per heavy atom. The molecule has 136 valence electrons. The van der Waals surface area contributed by atoms with E-state index in [0.717, 1.165) is 28.0 Å². The maximum Gasteiger partial charge on any atom is 0.268 e. The lowest BCUT2D eigenvalue weighted by Gasteiger charge is -2.11. The predicted octanol–water partition coefficient (Wildman–Crippen LogP) is 4.22. The summed E-state index contributed by atoms with van der Waals surface area (Å²) in [6.07, 6.45) is 3.47. The first-order chi connectivity index (χ1) is 13.1. The van der Waals surface area contributed by atoms with Crippen LogP contribution >= 0.6 is 0 Å². The van der Waals surface area contributed by atoms with Crippen molar-refractivity contribution < 1.29 is 9.21 Å². The third-order valence-corrected chi connectivity index (χ3v) is 4.58. The number of aryl methyl sites for hydroxylation is 2. The van der Waals surface area contributed by atoms with Crippen molar-refractivity contribution in [2.75, 3.05) is 0 Å². The topological polar surface area (TPSA) is 60.1 Å². The molecule has 0 saturated heterocycles. The quantitative estimate of drug-likeness (QED) is 0.580. The van der Waals surface area contributed by atoms with Crippen molar-refractivity contribution in [1.82, 2.24) is 14.9 Å². The lowest BCUT2D eigenvalue weighted by molar-refractivity contribution is 0.0942. The first-order valence-electron chi connectivity index (χ1n) is 8.92. The Kier molecular flexibility index (Phi) is 4.50. The minimum Gasteiger partial charge on any atom is -0.460 e. The van der Waals surface area contributed by atoms with E-state index in [0.29, 0.717) is 18.8 Å². The van der Waals surface area contributed by atoms with Gasteiger partial charge in [-0.3, -0.25) is 9.78 Å². The van der Waals surface area contributed by atoms with E-state index in [-0.39, 0.29) is 5.91 Å². The molecule has 0 saturated carbocycles. The van der Waals surface area contributed by atoms with E-state index in [2.05, 4.69) is 41.5 Å². The van der Waals surface area contributed by atoms with E-state index in [9.17, 15) is 4.79 Å². The van der Waals surface area contributed by atoms with Crippen molar-refractivity contribution in [2.45, 2.75) is 26.9 Å². The molecule has 0 bridgehead atoms. The largest absolute Gasteiger partial charge is 0.460 e. The summed E-state index contributed by atoms with van der Waals surface area (Å²) in [6.45, 7) is 5.02. The summed E-state index contributed by atoms with van der Waals surface area (Å²) in [4.78, 5) is 16.9. The number of nitrogens with one attached hydrogen (secondary N) is 1. The number of benzene rings is 1. The molecular weight excluding hydrogens is 338 g/mol. The molecule has 0 aliphatic carbocycles. The molecule has 27 heavy (non-hydrogen) atoms. The highest BCUT2D eigenvalue weighted by molar-refractivity contribution is 5.97. The summed E-state index contributed by atoms with van der Waals surface area (Å²) in [7, 11) is 0. The van der Waals surface area contributed by atoms with Gasteiger partial charge in [-0.05, 0) is 31.0 Å². The van der Waals surface area contributed by atoms with Gasteiger partial charge in [-0.1, -0.05) is 35.9 Å². The average Bonchev–Trinajstić information content (AvgIpc) is 3.19. The molecule has 1 N–H and O–H groups in total. The molecule has 0 spiro atoms. The van der Waals surface area contributed by atoms with Gasteiger partial charge in [0.15, 0.2) is 5.58 Å². The van der Waals surface area contributed by atoms with Gasteiger partial charge in [0.1, 0.15) is 11.5 Å². The average molecular weight is 359 g/mol. The Bertz CT molecular complexity index is 1080. The Morgan fingerprint density at radius 2 is 1.93 bits per heavy atom. The maximum atomic E-state index is 12.8. The van der Waals surface area contributed by atoms with Gasteiger partial charge in [0.25, 0.3) is 5.91 Å². The molecule has 0 aliphatic rings. The van der Waals surface area contributed by atoms with Crippen molar-refractivity contribution in [3.8, 4) is 0 Å². The van der Waals surface area contributed by atoms with Crippen LogP contribution in [0.5, 0.6) is 0 Å². The number of carbonyl (C=O) groups excluding carboxylic acids is 1. The van der Waals surface area contributed by atoms with Gasteiger partial charge in [-0.15, -0.1) is 0 Å². The Morgan fingerprint density at radius 3 is 2.67 bits per heavy atom. The van der Waals surface area contributed by atoms with Crippen molar-refractivity contribution in [1.29, 1.82) is 0 Å². The van der Waals surface area contributed by atoms with Crippen molar-refractivity contribution >= 4 is 17.0 Å². The molecule has 5 nitrogen and oxygen atoms in total. The van der Waals surface area contributed by atoms with E-state index in [1.165, 1.54) is 5.56 Å². The third-order valence-electron chi connectivity index (χ3n) is 4.58. The molecular formula is C22H21N3O2. The second-order valence-corrected chi connectivity index (χ2v) is 6.75. The number of furan rings is 1. The van der Waals surface area contributed by atoms with Crippen LogP contribution in [0.1, 0.15) is 32.9 Å². The molecule has 0 atom stereocenters. The number of hydrogen-bond acceptors (Lipinski definition) is 3. The number of carbonyl (C=O) groups is 1. The Labute approximate surface area is 157 Å². The highest BCUT2D eigenvalue weighted by Gasteiger charge is 2.18. The molecule has 0 fully saturated rings. The lowest BCUT2D eigenvalue weighted by atomic mass is 10.1. The standard InChI is InChI=1S/C22H21N3O2/c1-15-5-7-17(8-6-15)14-25-19-10-16(2)27-21(19)11-20(25)22(26)24-13-18-4-3-9-23-12-18/h3-12H,13-14H2,1-2H3,(H,24,26). The van der Waals surface area contributed by atoms with Crippen LogP contribution in [0.15, 0.2) is 65.3 Å². The first kappa shape index (κ1) is 17.1. The fourth-order valence-corrected chi connectivity index (χ4v) is 3.18. The van der Waals surface area contributed by atoms with Crippen molar-refractivity contribution in [3.63, 3.8) is 0 Å². The number of pyridine rings is 1. The number of rotatable bonds is 5. The zero-order valence-electron chi connectivity index (χ0n) is 15.4. The SMILES string of the molecule is Cc1ccc(Cn2c(C(=O)NCc3cccnc3)cc3oc(C)cc32)cc1. The minimum absolute atomic E-state index is 0.130. The molecule has 0 radical (unpaired) electrons. The van der Waals surface area contributed by atoms with Gasteiger partial charge in [-0.25, -0.2) is 0 Å². The van der Waals surface area contributed by atoms with Gasteiger partial charge in [0.2, 0.25) is 0 Å². The van der Waals surface area contributed by atoms with Gasteiger partial charge in [0.05, 0.1) is 5.52 Å². The second-order valence-electron chi connectivity index (χ2n) is 6.75. The zero-order chi connectivity index (χ0) is 18.8. The number of aromatic nitrogens is 2. The summed E-state index contributed by atoms with van der Waals surface area (Å²) in [6, 6.07) is 15.9. The fourth-order valence-electron chi connectivity index (χ4n) is 3.18. The number of nitrogens with zero attached hydrogens (tertiary/aromatic N) is 2. The summed E-state index contributed by atoms with van der Waals surface area (Å²) in [5, 5.41) is 2.97. The lowest BCUT2D eigenvalue weighted by Crippen LogP contribution is -2.25. The summed E-state index contributed by atoms with van der Waals surface area (Å²) in [5.41, 5.74) is 5.56. The fraction of sp³-hybridized carbons (Fsp3) is 0.182. The molecule has 0 unspecified atom stereocenters. The molecule has 3 aromatic heterocycles. The number of amides is 1. The summed E-state index contributed by atoms with van der Waals surface area (Å²) < 4.78 is 7.76. The second kappa shape index (κ2) is 7.11. The number of hydrogen-bond donors (Lipinski definition) is 1. The normalized spacial score (nSPS) is 11.0. The van der Waals surface area contributed by atoms with E-state index < -0.39 is 0 Å². The number of fused-ring (bicyclic) bond motifs is 1. The highest BCUT2D eigenvalue weighted by Crippen LogP contribution is 2.25. The molecule has 0 aliphatic heterocycles. The van der Waals surface area contributed by atoms with E-state index in [1.807, 2.05) is 35.8 Å². The molecule has 3 heterocycles. The van der Waals surface area contributed by atoms with Crippen LogP contribution in [-0.2, 0) is 13.1 Å². The molecule has 1 amide bonds. The van der Waals surface area contributed by atoms with Crippen LogP contribution < -0.4 is 5.32 Å². The maximum absolute atomic E-state index is 12.8. The monoisotopic (exact) mass is 359 g/mol. The Hall–Kier alpha value is -3.34. The smallest absolute Gasteiger partial charge is 0.268 e. The van der Waals surface area contributed by atoms with Gasteiger partial charge < -0.3 is 14.3 Å².